The largest absolute Gasteiger partial charge is 0.494 e. The van der Waals surface area contributed by atoms with Gasteiger partial charge in [-0.3, -0.25) is 4.79 Å². The first-order chi connectivity index (χ1) is 12.9. The van der Waals surface area contributed by atoms with Crippen LogP contribution in [0, 0.1) is 27.7 Å². The van der Waals surface area contributed by atoms with Crippen molar-refractivity contribution in [3.8, 4) is 5.75 Å². The first kappa shape index (κ1) is 19.2. The van der Waals surface area contributed by atoms with Gasteiger partial charge in [0, 0.05) is 11.1 Å². The van der Waals surface area contributed by atoms with E-state index in [0.717, 1.165) is 44.1 Å². The van der Waals surface area contributed by atoms with Gasteiger partial charge in [-0.25, -0.2) is 4.98 Å². The number of anilines is 1. The number of aryl methyl sites for hydroxylation is 4. The van der Waals surface area contributed by atoms with Crippen LogP contribution in [0.3, 0.4) is 0 Å². The molecule has 0 radical (unpaired) electrons. The number of para-hydroxylation sites is 1. The second-order valence-corrected chi connectivity index (χ2v) is 7.74. The fraction of sp³-hybridized carbons (Fsp3) is 0.273. The van der Waals surface area contributed by atoms with Crippen LogP contribution < -0.4 is 10.1 Å². The van der Waals surface area contributed by atoms with Crippen LogP contribution >= 0.6 is 11.8 Å². The number of thioether (sulfide) groups is 1. The number of nitrogens with zero attached hydrogens (tertiary/aromatic N) is 1. The lowest BCUT2D eigenvalue weighted by Gasteiger charge is -2.13. The molecule has 0 saturated heterocycles. The topological polar surface area (TPSA) is 51.2 Å². The van der Waals surface area contributed by atoms with E-state index in [-0.39, 0.29) is 5.91 Å². The number of nitrogens with one attached hydrogen (secondary N) is 1. The number of hydrogen-bond donors (Lipinski definition) is 1. The Kier molecular flexibility index (Phi) is 5.71. The van der Waals surface area contributed by atoms with Crippen LogP contribution in [0.25, 0.3) is 10.9 Å². The molecule has 0 spiro atoms. The molecule has 3 aromatic rings. The molecular formula is C22H24N2O2S. The number of hydrogen-bond acceptors (Lipinski definition) is 4. The third-order valence-corrected chi connectivity index (χ3v) is 5.41. The van der Waals surface area contributed by atoms with E-state index in [1.165, 1.54) is 17.3 Å². The average molecular weight is 381 g/mol. The zero-order valence-electron chi connectivity index (χ0n) is 16.3. The lowest BCUT2D eigenvalue weighted by molar-refractivity contribution is -0.113. The molecule has 0 unspecified atom stereocenters. The van der Waals surface area contributed by atoms with Crippen molar-refractivity contribution < 1.29 is 9.53 Å². The van der Waals surface area contributed by atoms with Crippen LogP contribution in [-0.4, -0.2) is 23.8 Å². The van der Waals surface area contributed by atoms with Gasteiger partial charge in [-0.05, 0) is 56.5 Å². The molecule has 0 atom stereocenters. The Labute approximate surface area is 164 Å². The number of amides is 1. The molecule has 1 amide bonds. The smallest absolute Gasteiger partial charge is 0.234 e. The molecule has 140 valence electrons. The highest BCUT2D eigenvalue weighted by molar-refractivity contribution is 7.99. The highest BCUT2D eigenvalue weighted by atomic mass is 32.2. The standard InChI is InChI=1S/C22H24N2O2S/c1-13-9-15(3)21(16(4)10-13)23-19(25)12-27-20-11-14(2)17-7-6-8-18(26-5)22(17)24-20/h6-11H,12H2,1-5H3,(H,23,25). The summed E-state index contributed by atoms with van der Waals surface area (Å²) in [5, 5.41) is 4.92. The molecule has 0 aliphatic rings. The molecule has 0 aliphatic heterocycles. The van der Waals surface area contributed by atoms with Crippen LogP contribution in [0.2, 0.25) is 0 Å². The number of pyridine rings is 1. The minimum atomic E-state index is -0.0328. The van der Waals surface area contributed by atoms with Gasteiger partial charge in [-0.15, -0.1) is 0 Å². The molecule has 0 saturated carbocycles. The summed E-state index contributed by atoms with van der Waals surface area (Å²) in [6.07, 6.45) is 0. The second kappa shape index (κ2) is 8.01. The normalized spacial score (nSPS) is 10.9. The minimum Gasteiger partial charge on any atom is -0.494 e. The molecule has 4 nitrogen and oxygen atoms in total. The van der Waals surface area contributed by atoms with Gasteiger partial charge in [0.05, 0.1) is 17.9 Å². The van der Waals surface area contributed by atoms with Gasteiger partial charge in [0.15, 0.2) is 0 Å². The first-order valence-electron chi connectivity index (χ1n) is 8.84. The predicted molar refractivity (Wildman–Crippen MR) is 113 cm³/mol. The van der Waals surface area contributed by atoms with Crippen molar-refractivity contribution in [2.75, 3.05) is 18.2 Å². The van der Waals surface area contributed by atoms with E-state index < -0.39 is 0 Å². The van der Waals surface area contributed by atoms with Crippen LogP contribution in [0.1, 0.15) is 22.3 Å². The number of benzene rings is 2. The Morgan fingerprint density at radius 3 is 2.44 bits per heavy atom. The number of methoxy groups -OCH3 is 1. The van der Waals surface area contributed by atoms with E-state index in [4.69, 9.17) is 9.72 Å². The third kappa shape index (κ3) is 4.25. The van der Waals surface area contributed by atoms with E-state index in [9.17, 15) is 4.79 Å². The molecule has 3 rings (SSSR count). The SMILES string of the molecule is COc1cccc2c(C)cc(SCC(=O)Nc3c(C)cc(C)cc3C)nc12. The molecule has 1 N–H and O–H groups in total. The number of rotatable bonds is 5. The lowest BCUT2D eigenvalue weighted by atomic mass is 10.1. The van der Waals surface area contributed by atoms with Crippen molar-refractivity contribution in [2.45, 2.75) is 32.7 Å². The summed E-state index contributed by atoms with van der Waals surface area (Å²) in [5.41, 5.74) is 6.20. The summed E-state index contributed by atoms with van der Waals surface area (Å²) in [4.78, 5) is 17.2. The first-order valence-corrected chi connectivity index (χ1v) is 9.82. The summed E-state index contributed by atoms with van der Waals surface area (Å²) in [6, 6.07) is 12.1. The quantitative estimate of drug-likeness (QED) is 0.618. The van der Waals surface area contributed by atoms with Crippen molar-refractivity contribution in [3.63, 3.8) is 0 Å². The van der Waals surface area contributed by atoms with Gasteiger partial charge >= 0.3 is 0 Å². The maximum atomic E-state index is 12.5. The number of fused-ring (bicyclic) bond motifs is 1. The summed E-state index contributed by atoms with van der Waals surface area (Å²) in [5.74, 6) is 1.02. The fourth-order valence-corrected chi connectivity index (χ4v) is 4.06. The summed E-state index contributed by atoms with van der Waals surface area (Å²) in [7, 11) is 1.64. The molecule has 1 heterocycles. The van der Waals surface area contributed by atoms with Crippen molar-refractivity contribution >= 4 is 34.3 Å². The maximum Gasteiger partial charge on any atom is 0.234 e. The lowest BCUT2D eigenvalue weighted by Crippen LogP contribution is -2.16. The second-order valence-electron chi connectivity index (χ2n) is 6.74. The summed E-state index contributed by atoms with van der Waals surface area (Å²) >= 11 is 1.43. The Bertz CT molecular complexity index is 992. The predicted octanol–water partition coefficient (Wildman–Crippen LogP) is 5.21. The Morgan fingerprint density at radius 1 is 1.07 bits per heavy atom. The van der Waals surface area contributed by atoms with E-state index in [2.05, 4.69) is 24.4 Å². The molecular weight excluding hydrogens is 356 g/mol. The van der Waals surface area contributed by atoms with E-state index >= 15 is 0 Å². The molecule has 27 heavy (non-hydrogen) atoms. The van der Waals surface area contributed by atoms with Crippen molar-refractivity contribution in [1.82, 2.24) is 4.98 Å². The number of carbonyl (C=O) groups excluding carboxylic acids is 1. The van der Waals surface area contributed by atoms with Crippen LogP contribution in [0.4, 0.5) is 5.69 Å². The van der Waals surface area contributed by atoms with Gasteiger partial charge in [0.25, 0.3) is 0 Å². The highest BCUT2D eigenvalue weighted by Crippen LogP contribution is 2.30. The Morgan fingerprint density at radius 2 is 1.78 bits per heavy atom. The van der Waals surface area contributed by atoms with Gasteiger partial charge < -0.3 is 10.1 Å². The van der Waals surface area contributed by atoms with E-state index in [0.29, 0.717) is 5.75 Å². The molecule has 0 fully saturated rings. The van der Waals surface area contributed by atoms with Gasteiger partial charge in [0.2, 0.25) is 5.91 Å². The Balaban J connectivity index is 1.76. The van der Waals surface area contributed by atoms with Crippen LogP contribution in [0.5, 0.6) is 5.75 Å². The molecule has 5 heteroatoms. The Hall–Kier alpha value is -2.53. The molecule has 0 bridgehead atoms. The molecule has 2 aromatic carbocycles. The number of carbonyl (C=O) groups is 1. The van der Waals surface area contributed by atoms with Crippen molar-refractivity contribution in [1.29, 1.82) is 0 Å². The molecule has 1 aromatic heterocycles. The van der Waals surface area contributed by atoms with Crippen molar-refractivity contribution in [3.05, 3.63) is 58.7 Å². The fourth-order valence-electron chi connectivity index (χ4n) is 3.29. The van der Waals surface area contributed by atoms with Gasteiger partial charge in [0.1, 0.15) is 11.3 Å². The van der Waals surface area contributed by atoms with Crippen molar-refractivity contribution in [2.24, 2.45) is 0 Å². The average Bonchev–Trinajstić information content (AvgIpc) is 2.62. The van der Waals surface area contributed by atoms with Gasteiger partial charge in [-0.1, -0.05) is 41.6 Å². The molecule has 0 aliphatic carbocycles. The number of ether oxygens (including phenoxy) is 1. The number of aromatic nitrogens is 1. The third-order valence-electron chi connectivity index (χ3n) is 4.50. The van der Waals surface area contributed by atoms with E-state index in [1.807, 2.05) is 45.0 Å². The van der Waals surface area contributed by atoms with Gasteiger partial charge in [-0.2, -0.15) is 0 Å². The summed E-state index contributed by atoms with van der Waals surface area (Å²) in [6.45, 7) is 8.14. The summed E-state index contributed by atoms with van der Waals surface area (Å²) < 4.78 is 5.43. The van der Waals surface area contributed by atoms with Crippen LogP contribution in [-0.2, 0) is 4.79 Å². The zero-order valence-corrected chi connectivity index (χ0v) is 17.2. The highest BCUT2D eigenvalue weighted by Gasteiger charge is 2.12. The zero-order chi connectivity index (χ0) is 19.6. The minimum absolute atomic E-state index is 0.0328. The van der Waals surface area contributed by atoms with Crippen LogP contribution in [0.15, 0.2) is 41.4 Å². The maximum absolute atomic E-state index is 12.5. The van der Waals surface area contributed by atoms with E-state index in [1.54, 1.807) is 7.11 Å². The monoisotopic (exact) mass is 380 g/mol.